The van der Waals surface area contributed by atoms with E-state index < -0.39 is 0 Å². The van der Waals surface area contributed by atoms with Crippen molar-refractivity contribution >= 4 is 45.0 Å². The van der Waals surface area contributed by atoms with Gasteiger partial charge in [0.1, 0.15) is 6.04 Å². The molecule has 3 aromatic rings. The quantitative estimate of drug-likeness (QED) is 0.749. The Morgan fingerprint density at radius 1 is 1.46 bits per heavy atom. The molecule has 1 aliphatic heterocycles. The van der Waals surface area contributed by atoms with Gasteiger partial charge in [-0.2, -0.15) is 0 Å². The smallest absolute Gasteiger partial charge is 0.244 e. The van der Waals surface area contributed by atoms with Gasteiger partial charge in [0.05, 0.1) is 36.1 Å². The van der Waals surface area contributed by atoms with Crippen molar-refractivity contribution in [1.82, 2.24) is 14.9 Å². The molecule has 1 atom stereocenters. The van der Waals surface area contributed by atoms with E-state index >= 15 is 0 Å². The van der Waals surface area contributed by atoms with Crippen LogP contribution in [0.15, 0.2) is 30.6 Å². The van der Waals surface area contributed by atoms with E-state index in [9.17, 15) is 4.79 Å². The van der Waals surface area contributed by atoms with Gasteiger partial charge >= 0.3 is 0 Å². The molecular formula is C17H17ClN4O2. The Kier molecular flexibility index (Phi) is 3.88. The molecule has 0 spiro atoms. The van der Waals surface area contributed by atoms with Crippen molar-refractivity contribution in [1.29, 1.82) is 0 Å². The largest absolute Gasteiger partial charge is 0.378 e. The van der Waals surface area contributed by atoms with Gasteiger partial charge in [-0.25, -0.2) is 0 Å². The summed E-state index contributed by atoms with van der Waals surface area (Å²) < 4.78 is 5.43. The molecule has 0 saturated carbocycles. The van der Waals surface area contributed by atoms with Crippen LogP contribution in [0.3, 0.4) is 0 Å². The number of rotatable bonds is 2. The number of nitrogens with one attached hydrogen (secondary N) is 2. The zero-order valence-corrected chi connectivity index (χ0v) is 13.9. The highest BCUT2D eigenvalue weighted by atomic mass is 35.5. The van der Waals surface area contributed by atoms with E-state index in [1.54, 1.807) is 18.5 Å². The molecule has 3 heterocycles. The minimum atomic E-state index is -0.307. The van der Waals surface area contributed by atoms with E-state index in [0.29, 0.717) is 23.9 Å². The second-order valence-corrected chi connectivity index (χ2v) is 6.42. The zero-order chi connectivity index (χ0) is 16.7. The van der Waals surface area contributed by atoms with Gasteiger partial charge in [0.2, 0.25) is 5.91 Å². The number of morpholine rings is 1. The fourth-order valence-electron chi connectivity index (χ4n) is 3.09. The number of hydrogen-bond donors (Lipinski definition) is 2. The van der Waals surface area contributed by atoms with Crippen LogP contribution in [0.5, 0.6) is 0 Å². The lowest BCUT2D eigenvalue weighted by Gasteiger charge is -2.31. The van der Waals surface area contributed by atoms with Crippen LogP contribution in [0.25, 0.3) is 21.8 Å². The van der Waals surface area contributed by atoms with Gasteiger partial charge in [-0.1, -0.05) is 11.6 Å². The van der Waals surface area contributed by atoms with Crippen LogP contribution in [0, 0.1) is 0 Å². The number of benzene rings is 1. The van der Waals surface area contributed by atoms with Crippen molar-refractivity contribution in [3.63, 3.8) is 0 Å². The zero-order valence-electron chi connectivity index (χ0n) is 13.2. The summed E-state index contributed by atoms with van der Waals surface area (Å²) in [4.78, 5) is 22.1. The van der Waals surface area contributed by atoms with Crippen LogP contribution in [-0.4, -0.2) is 53.6 Å². The number of pyridine rings is 1. The Bertz CT molecular complexity index is 923. The summed E-state index contributed by atoms with van der Waals surface area (Å²) in [6.07, 6.45) is 3.50. The van der Waals surface area contributed by atoms with Crippen molar-refractivity contribution in [2.24, 2.45) is 0 Å². The standard InChI is InChI=1S/C17H17ClN4O2/c1-22-4-5-24-9-15(22)17(23)21-13-7-10(18)6-12-11-2-3-19-8-14(11)20-16(12)13/h2-3,6-8,15,20H,4-5,9H2,1H3,(H,21,23)/t15-/m0/s1. The van der Waals surface area contributed by atoms with Gasteiger partial charge in [0.25, 0.3) is 0 Å². The van der Waals surface area contributed by atoms with Gasteiger partial charge in [0, 0.05) is 28.5 Å². The first kappa shape index (κ1) is 15.4. The van der Waals surface area contributed by atoms with E-state index in [0.717, 1.165) is 28.4 Å². The van der Waals surface area contributed by atoms with Gasteiger partial charge in [-0.05, 0) is 25.2 Å². The monoisotopic (exact) mass is 344 g/mol. The Hall–Kier alpha value is -2.15. The van der Waals surface area contributed by atoms with Gasteiger partial charge < -0.3 is 15.0 Å². The van der Waals surface area contributed by atoms with Crippen molar-refractivity contribution in [3.8, 4) is 0 Å². The van der Waals surface area contributed by atoms with Crippen molar-refractivity contribution in [3.05, 3.63) is 35.6 Å². The number of halogens is 1. The lowest BCUT2D eigenvalue weighted by Crippen LogP contribution is -2.49. The van der Waals surface area contributed by atoms with Gasteiger partial charge in [-0.15, -0.1) is 0 Å². The molecule has 124 valence electrons. The second-order valence-electron chi connectivity index (χ2n) is 5.98. The number of aromatic nitrogens is 2. The molecule has 2 N–H and O–H groups in total. The van der Waals surface area contributed by atoms with Gasteiger partial charge in [-0.3, -0.25) is 14.7 Å². The predicted molar refractivity (Wildman–Crippen MR) is 94.5 cm³/mol. The lowest BCUT2D eigenvalue weighted by atomic mass is 10.1. The SMILES string of the molecule is CN1CCOC[C@H]1C(=O)Nc1cc(Cl)cc2c1[nH]c1cnccc12. The molecule has 1 aromatic carbocycles. The number of ether oxygens (including phenoxy) is 1. The Balaban J connectivity index is 1.74. The van der Waals surface area contributed by atoms with Crippen molar-refractivity contribution < 1.29 is 9.53 Å². The number of carbonyl (C=O) groups excluding carboxylic acids is 1. The fourth-order valence-corrected chi connectivity index (χ4v) is 3.31. The highest BCUT2D eigenvalue weighted by Crippen LogP contribution is 2.33. The van der Waals surface area contributed by atoms with Gasteiger partial charge in [0.15, 0.2) is 0 Å². The number of likely N-dealkylation sites (N-methyl/N-ethyl adjacent to an activating group) is 1. The highest BCUT2D eigenvalue weighted by Gasteiger charge is 2.27. The van der Waals surface area contributed by atoms with E-state index in [-0.39, 0.29) is 11.9 Å². The van der Waals surface area contributed by atoms with E-state index in [1.807, 2.05) is 24.1 Å². The molecule has 0 bridgehead atoms. The number of carbonyl (C=O) groups is 1. The molecule has 1 saturated heterocycles. The first-order valence-electron chi connectivity index (χ1n) is 7.77. The molecule has 1 fully saturated rings. The maximum atomic E-state index is 12.6. The molecule has 4 rings (SSSR count). The summed E-state index contributed by atoms with van der Waals surface area (Å²) in [6, 6.07) is 5.27. The van der Waals surface area contributed by atoms with Crippen LogP contribution < -0.4 is 5.32 Å². The number of H-pyrrole nitrogens is 1. The molecule has 6 nitrogen and oxygen atoms in total. The Labute approximate surface area is 143 Å². The van der Waals surface area contributed by atoms with Crippen LogP contribution >= 0.6 is 11.6 Å². The van der Waals surface area contributed by atoms with Crippen molar-refractivity contribution in [2.75, 3.05) is 32.1 Å². The number of hydrogen-bond acceptors (Lipinski definition) is 4. The normalized spacial score (nSPS) is 19.0. The number of amides is 1. The minimum Gasteiger partial charge on any atom is -0.378 e. The van der Waals surface area contributed by atoms with Crippen LogP contribution in [0.1, 0.15) is 0 Å². The average Bonchev–Trinajstić information content (AvgIpc) is 2.94. The first-order chi connectivity index (χ1) is 11.6. The number of anilines is 1. The summed E-state index contributed by atoms with van der Waals surface area (Å²) >= 11 is 6.26. The van der Waals surface area contributed by atoms with E-state index in [1.165, 1.54) is 0 Å². The Morgan fingerprint density at radius 2 is 2.33 bits per heavy atom. The maximum Gasteiger partial charge on any atom is 0.244 e. The molecule has 0 radical (unpaired) electrons. The highest BCUT2D eigenvalue weighted by molar-refractivity contribution is 6.32. The van der Waals surface area contributed by atoms with Crippen molar-refractivity contribution in [2.45, 2.75) is 6.04 Å². The number of fused-ring (bicyclic) bond motifs is 3. The molecule has 2 aromatic heterocycles. The Morgan fingerprint density at radius 3 is 3.17 bits per heavy atom. The van der Waals surface area contributed by atoms with E-state index in [4.69, 9.17) is 16.3 Å². The fraction of sp³-hybridized carbons (Fsp3) is 0.294. The van der Waals surface area contributed by atoms with Crippen LogP contribution in [0.2, 0.25) is 5.02 Å². The molecule has 7 heteroatoms. The third kappa shape index (κ3) is 2.62. The van der Waals surface area contributed by atoms with E-state index in [2.05, 4.69) is 15.3 Å². The molecular weight excluding hydrogens is 328 g/mol. The lowest BCUT2D eigenvalue weighted by molar-refractivity contribution is -0.126. The minimum absolute atomic E-state index is 0.0995. The third-order valence-corrected chi connectivity index (χ3v) is 4.65. The summed E-state index contributed by atoms with van der Waals surface area (Å²) in [6.45, 7) is 1.78. The maximum absolute atomic E-state index is 12.6. The summed E-state index contributed by atoms with van der Waals surface area (Å²) in [5.41, 5.74) is 2.41. The first-order valence-corrected chi connectivity index (χ1v) is 8.15. The molecule has 1 aliphatic rings. The van der Waals surface area contributed by atoms with Crippen LogP contribution in [0.4, 0.5) is 5.69 Å². The summed E-state index contributed by atoms with van der Waals surface area (Å²) in [7, 11) is 1.93. The predicted octanol–water partition coefficient (Wildman–Crippen LogP) is 2.64. The molecule has 1 amide bonds. The number of nitrogens with zero attached hydrogens (tertiary/aromatic N) is 2. The summed E-state index contributed by atoms with van der Waals surface area (Å²) in [5, 5.41) is 5.55. The molecule has 24 heavy (non-hydrogen) atoms. The summed E-state index contributed by atoms with van der Waals surface area (Å²) in [5.74, 6) is -0.0995. The topological polar surface area (TPSA) is 70.2 Å². The second kappa shape index (κ2) is 6.05. The molecule has 0 aliphatic carbocycles. The average molecular weight is 345 g/mol. The third-order valence-electron chi connectivity index (χ3n) is 4.43. The van der Waals surface area contributed by atoms with Crippen LogP contribution in [-0.2, 0) is 9.53 Å². The molecule has 0 unspecified atom stereocenters. The number of aromatic amines is 1.